The van der Waals surface area contributed by atoms with Crippen molar-refractivity contribution < 1.29 is 5.11 Å². The van der Waals surface area contributed by atoms with Crippen molar-refractivity contribution >= 4 is 0 Å². The topological polar surface area (TPSA) is 41.3 Å². The summed E-state index contributed by atoms with van der Waals surface area (Å²) in [7, 11) is 0. The molecule has 21 heavy (non-hydrogen) atoms. The number of hydrogen-bond acceptors (Lipinski definition) is 3. The van der Waals surface area contributed by atoms with E-state index in [9.17, 15) is 0 Å². The van der Waals surface area contributed by atoms with Gasteiger partial charge < -0.3 is 10.0 Å². The molecule has 1 fully saturated rings. The third-order valence-electron chi connectivity index (χ3n) is 4.96. The fourth-order valence-electron chi connectivity index (χ4n) is 3.77. The minimum atomic E-state index is 0.169. The van der Waals surface area contributed by atoms with Gasteiger partial charge >= 0.3 is 0 Å². The molecule has 4 nitrogen and oxygen atoms in total. The van der Waals surface area contributed by atoms with Crippen LogP contribution in [0.3, 0.4) is 0 Å². The molecule has 3 rings (SSSR count). The fourth-order valence-corrected chi connectivity index (χ4v) is 3.77. The van der Waals surface area contributed by atoms with Gasteiger partial charge in [0.25, 0.3) is 0 Å². The Balaban J connectivity index is 1.50. The van der Waals surface area contributed by atoms with Gasteiger partial charge in [-0.1, -0.05) is 12.2 Å². The second-order valence-electron chi connectivity index (χ2n) is 6.43. The summed E-state index contributed by atoms with van der Waals surface area (Å²) in [6, 6.07) is 2.13. The molecule has 0 radical (unpaired) electrons. The lowest BCUT2D eigenvalue weighted by Gasteiger charge is -2.34. The lowest BCUT2D eigenvalue weighted by molar-refractivity contribution is 0.174. The Morgan fingerprint density at radius 2 is 2.05 bits per heavy atom. The van der Waals surface area contributed by atoms with Gasteiger partial charge in [0.15, 0.2) is 0 Å². The molecule has 0 amide bonds. The summed E-state index contributed by atoms with van der Waals surface area (Å²) in [5.41, 5.74) is 1.31. The third-order valence-corrected chi connectivity index (χ3v) is 4.96. The SMILES string of the molecule is OCCn1nccc1C1CCN(CC2CC=CCC2)CC1. The summed E-state index contributed by atoms with van der Waals surface area (Å²) >= 11 is 0. The molecule has 1 aromatic rings. The second-order valence-corrected chi connectivity index (χ2v) is 6.43. The van der Waals surface area contributed by atoms with Crippen LogP contribution in [0.2, 0.25) is 0 Å². The molecule has 0 spiro atoms. The maximum atomic E-state index is 9.11. The highest BCUT2D eigenvalue weighted by Crippen LogP contribution is 2.29. The van der Waals surface area contributed by atoms with Crippen LogP contribution >= 0.6 is 0 Å². The molecule has 1 unspecified atom stereocenters. The molecule has 1 aliphatic carbocycles. The molecule has 1 aliphatic heterocycles. The molecule has 116 valence electrons. The number of piperidine rings is 1. The Morgan fingerprint density at radius 1 is 1.19 bits per heavy atom. The summed E-state index contributed by atoms with van der Waals surface area (Å²) in [6.07, 6.45) is 12.9. The van der Waals surface area contributed by atoms with E-state index in [1.54, 1.807) is 0 Å². The van der Waals surface area contributed by atoms with Gasteiger partial charge in [0, 0.05) is 24.4 Å². The number of aliphatic hydroxyl groups is 1. The van der Waals surface area contributed by atoms with Crippen molar-refractivity contribution in [3.05, 3.63) is 30.1 Å². The molecule has 1 N–H and O–H groups in total. The lowest BCUT2D eigenvalue weighted by Crippen LogP contribution is -2.37. The number of allylic oxidation sites excluding steroid dienone is 2. The van der Waals surface area contributed by atoms with E-state index in [0.717, 1.165) is 5.92 Å². The van der Waals surface area contributed by atoms with Gasteiger partial charge in [-0.25, -0.2) is 0 Å². The van der Waals surface area contributed by atoms with Crippen molar-refractivity contribution in [1.29, 1.82) is 0 Å². The Kier molecular flexibility index (Phi) is 5.09. The molecule has 0 saturated carbocycles. The van der Waals surface area contributed by atoms with Crippen LogP contribution in [0.15, 0.2) is 24.4 Å². The Hall–Kier alpha value is -1.13. The van der Waals surface area contributed by atoms with Crippen LogP contribution in [0.25, 0.3) is 0 Å². The van der Waals surface area contributed by atoms with E-state index < -0.39 is 0 Å². The summed E-state index contributed by atoms with van der Waals surface area (Å²) in [5, 5.41) is 13.4. The zero-order valence-corrected chi connectivity index (χ0v) is 12.8. The third kappa shape index (κ3) is 3.74. The molecule has 1 aromatic heterocycles. The molecule has 2 heterocycles. The van der Waals surface area contributed by atoms with E-state index in [1.807, 2.05) is 10.9 Å². The molecule has 0 bridgehead atoms. The van der Waals surface area contributed by atoms with Gasteiger partial charge in [0.2, 0.25) is 0 Å². The highest BCUT2D eigenvalue weighted by atomic mass is 16.3. The second kappa shape index (κ2) is 7.23. The summed E-state index contributed by atoms with van der Waals surface area (Å²) in [5.74, 6) is 1.48. The molecule has 4 heteroatoms. The lowest BCUT2D eigenvalue weighted by atomic mass is 9.90. The number of rotatable bonds is 5. The summed E-state index contributed by atoms with van der Waals surface area (Å²) in [6.45, 7) is 4.47. The van der Waals surface area contributed by atoms with Gasteiger partial charge in [0.1, 0.15) is 0 Å². The Morgan fingerprint density at radius 3 is 2.76 bits per heavy atom. The van der Waals surface area contributed by atoms with Crippen LogP contribution < -0.4 is 0 Å². The average Bonchev–Trinajstić information content (AvgIpc) is 2.98. The van der Waals surface area contributed by atoms with Crippen molar-refractivity contribution in [3.8, 4) is 0 Å². The smallest absolute Gasteiger partial charge is 0.0644 e. The van der Waals surface area contributed by atoms with E-state index in [1.165, 1.54) is 57.4 Å². The number of hydrogen-bond donors (Lipinski definition) is 1. The van der Waals surface area contributed by atoms with E-state index in [0.29, 0.717) is 12.5 Å². The van der Waals surface area contributed by atoms with Gasteiger partial charge in [0.05, 0.1) is 13.2 Å². The van der Waals surface area contributed by atoms with E-state index >= 15 is 0 Å². The van der Waals surface area contributed by atoms with Crippen molar-refractivity contribution in [2.75, 3.05) is 26.2 Å². The number of nitrogens with zero attached hydrogens (tertiary/aromatic N) is 3. The highest BCUT2D eigenvalue weighted by molar-refractivity contribution is 5.09. The van der Waals surface area contributed by atoms with Crippen molar-refractivity contribution in [2.45, 2.75) is 44.6 Å². The average molecular weight is 289 g/mol. The zero-order valence-electron chi connectivity index (χ0n) is 12.8. The maximum Gasteiger partial charge on any atom is 0.0644 e. The number of likely N-dealkylation sites (tertiary alicyclic amines) is 1. The normalized spacial score (nSPS) is 24.5. The summed E-state index contributed by atoms with van der Waals surface area (Å²) < 4.78 is 1.98. The quantitative estimate of drug-likeness (QED) is 0.846. The molecule has 1 saturated heterocycles. The largest absolute Gasteiger partial charge is 0.394 e. The minimum absolute atomic E-state index is 0.169. The summed E-state index contributed by atoms with van der Waals surface area (Å²) in [4.78, 5) is 2.65. The first-order valence-corrected chi connectivity index (χ1v) is 8.36. The Bertz CT molecular complexity index is 460. The first-order valence-electron chi connectivity index (χ1n) is 8.36. The predicted octanol–water partition coefficient (Wildman–Crippen LogP) is 2.41. The number of aliphatic hydroxyl groups excluding tert-OH is 1. The van der Waals surface area contributed by atoms with Gasteiger partial charge in [-0.3, -0.25) is 4.68 Å². The zero-order chi connectivity index (χ0) is 14.5. The van der Waals surface area contributed by atoms with Gasteiger partial charge in [-0.05, 0) is 57.2 Å². The highest BCUT2D eigenvalue weighted by Gasteiger charge is 2.24. The minimum Gasteiger partial charge on any atom is -0.394 e. The van der Waals surface area contributed by atoms with E-state index in [-0.39, 0.29) is 6.61 Å². The van der Waals surface area contributed by atoms with Gasteiger partial charge in [-0.2, -0.15) is 5.10 Å². The van der Waals surface area contributed by atoms with Crippen molar-refractivity contribution in [1.82, 2.24) is 14.7 Å². The van der Waals surface area contributed by atoms with Crippen molar-refractivity contribution in [2.24, 2.45) is 5.92 Å². The van der Waals surface area contributed by atoms with E-state index in [2.05, 4.69) is 28.2 Å². The van der Waals surface area contributed by atoms with Crippen LogP contribution in [0.4, 0.5) is 0 Å². The fraction of sp³-hybridized carbons (Fsp3) is 0.706. The van der Waals surface area contributed by atoms with Crippen LogP contribution in [-0.4, -0.2) is 46.0 Å². The monoisotopic (exact) mass is 289 g/mol. The molecule has 1 atom stereocenters. The standard InChI is InChI=1S/C17H27N3O/c21-13-12-20-17(6-9-18-20)16-7-10-19(11-8-16)14-15-4-2-1-3-5-15/h1-2,6,9,15-16,21H,3-5,7-8,10-14H2. The molecular weight excluding hydrogens is 262 g/mol. The first-order chi connectivity index (χ1) is 10.4. The molecule has 2 aliphatic rings. The van der Waals surface area contributed by atoms with E-state index in [4.69, 9.17) is 5.11 Å². The Labute approximate surface area is 127 Å². The van der Waals surface area contributed by atoms with Crippen LogP contribution in [-0.2, 0) is 6.54 Å². The maximum absolute atomic E-state index is 9.11. The van der Waals surface area contributed by atoms with Crippen LogP contribution in [0, 0.1) is 5.92 Å². The predicted molar refractivity (Wildman–Crippen MR) is 84.2 cm³/mol. The van der Waals surface area contributed by atoms with Crippen molar-refractivity contribution in [3.63, 3.8) is 0 Å². The number of aromatic nitrogens is 2. The first kappa shape index (κ1) is 14.8. The van der Waals surface area contributed by atoms with Gasteiger partial charge in [-0.15, -0.1) is 0 Å². The molecule has 0 aromatic carbocycles. The van der Waals surface area contributed by atoms with Crippen LogP contribution in [0.5, 0.6) is 0 Å². The molecular formula is C17H27N3O. The van der Waals surface area contributed by atoms with Crippen LogP contribution in [0.1, 0.15) is 43.7 Å².